The van der Waals surface area contributed by atoms with Crippen LogP contribution in [0.5, 0.6) is 0 Å². The molecule has 0 bridgehead atoms. The Bertz CT molecular complexity index is 378. The Morgan fingerprint density at radius 2 is 2.43 bits per heavy atom. The third-order valence-corrected chi connectivity index (χ3v) is 2.08. The van der Waals surface area contributed by atoms with Gasteiger partial charge in [0.15, 0.2) is 0 Å². The number of furan rings is 1. The van der Waals surface area contributed by atoms with Crippen molar-refractivity contribution in [1.82, 2.24) is 15.1 Å². The molecule has 2 aromatic rings. The van der Waals surface area contributed by atoms with Crippen LogP contribution in [0.4, 0.5) is 0 Å². The van der Waals surface area contributed by atoms with Crippen LogP contribution >= 0.6 is 0 Å². The number of hydrogen-bond acceptors (Lipinski definition) is 3. The normalized spacial score (nSPS) is 10.6. The summed E-state index contributed by atoms with van der Waals surface area (Å²) in [5, 5.41) is 7.33. The van der Waals surface area contributed by atoms with Gasteiger partial charge in [-0.2, -0.15) is 5.10 Å². The van der Waals surface area contributed by atoms with Gasteiger partial charge in [0.1, 0.15) is 0 Å². The summed E-state index contributed by atoms with van der Waals surface area (Å²) in [6, 6.07) is 1.93. The van der Waals surface area contributed by atoms with Crippen LogP contribution in [0.1, 0.15) is 0 Å². The van der Waals surface area contributed by atoms with Gasteiger partial charge in [0.25, 0.3) is 0 Å². The minimum absolute atomic E-state index is 0.883. The van der Waals surface area contributed by atoms with Crippen LogP contribution in [0.25, 0.3) is 11.1 Å². The molecule has 0 spiro atoms. The Hall–Kier alpha value is -1.55. The predicted octanol–water partition coefficient (Wildman–Crippen LogP) is 1.36. The van der Waals surface area contributed by atoms with E-state index in [-0.39, 0.29) is 0 Å². The number of likely N-dealkylation sites (N-methyl/N-ethyl adjacent to an activating group) is 1. The third-order valence-electron chi connectivity index (χ3n) is 2.08. The minimum atomic E-state index is 0.883. The molecule has 0 saturated heterocycles. The molecule has 0 aliphatic carbocycles. The first-order valence-electron chi connectivity index (χ1n) is 4.60. The van der Waals surface area contributed by atoms with Crippen LogP contribution in [-0.4, -0.2) is 23.4 Å². The second-order valence-electron chi connectivity index (χ2n) is 3.11. The van der Waals surface area contributed by atoms with Crippen LogP contribution in [-0.2, 0) is 6.54 Å². The largest absolute Gasteiger partial charge is 0.472 e. The third kappa shape index (κ3) is 1.85. The van der Waals surface area contributed by atoms with Crippen molar-refractivity contribution >= 4 is 0 Å². The zero-order chi connectivity index (χ0) is 9.80. The summed E-state index contributed by atoms with van der Waals surface area (Å²) in [6.45, 7) is 1.81. The lowest BCUT2D eigenvalue weighted by molar-refractivity contribution is 0.568. The van der Waals surface area contributed by atoms with Crippen LogP contribution < -0.4 is 5.32 Å². The fourth-order valence-corrected chi connectivity index (χ4v) is 1.29. The van der Waals surface area contributed by atoms with E-state index in [1.807, 2.05) is 30.2 Å². The summed E-state index contributed by atoms with van der Waals surface area (Å²) in [5.74, 6) is 0. The van der Waals surface area contributed by atoms with E-state index >= 15 is 0 Å². The summed E-state index contributed by atoms with van der Waals surface area (Å²) in [6.07, 6.45) is 7.25. The van der Waals surface area contributed by atoms with Gasteiger partial charge in [-0.05, 0) is 13.1 Å². The molecule has 2 aromatic heterocycles. The fraction of sp³-hybridized carbons (Fsp3) is 0.300. The zero-order valence-electron chi connectivity index (χ0n) is 8.10. The first-order chi connectivity index (χ1) is 6.90. The number of nitrogens with zero attached hydrogens (tertiary/aromatic N) is 2. The van der Waals surface area contributed by atoms with Gasteiger partial charge in [-0.15, -0.1) is 0 Å². The molecule has 0 aliphatic heterocycles. The van der Waals surface area contributed by atoms with Gasteiger partial charge in [-0.25, -0.2) is 0 Å². The van der Waals surface area contributed by atoms with E-state index in [1.54, 1.807) is 12.5 Å². The monoisotopic (exact) mass is 191 g/mol. The van der Waals surface area contributed by atoms with E-state index in [4.69, 9.17) is 4.42 Å². The van der Waals surface area contributed by atoms with Crippen molar-refractivity contribution in [1.29, 1.82) is 0 Å². The van der Waals surface area contributed by atoms with Crippen LogP contribution in [0, 0.1) is 0 Å². The Morgan fingerprint density at radius 3 is 3.14 bits per heavy atom. The number of aromatic nitrogens is 2. The summed E-state index contributed by atoms with van der Waals surface area (Å²) < 4.78 is 6.93. The van der Waals surface area contributed by atoms with E-state index in [0.29, 0.717) is 0 Å². The molecule has 0 radical (unpaired) electrons. The fourth-order valence-electron chi connectivity index (χ4n) is 1.29. The number of nitrogens with one attached hydrogen (secondary N) is 1. The lowest BCUT2D eigenvalue weighted by Gasteiger charge is -1.98. The van der Waals surface area contributed by atoms with Crippen molar-refractivity contribution in [3.8, 4) is 11.1 Å². The van der Waals surface area contributed by atoms with E-state index in [0.717, 1.165) is 24.2 Å². The minimum Gasteiger partial charge on any atom is -0.472 e. The molecule has 0 amide bonds. The Kier molecular flexibility index (Phi) is 2.65. The summed E-state index contributed by atoms with van der Waals surface area (Å²) >= 11 is 0. The smallest absolute Gasteiger partial charge is 0.0982 e. The molecule has 4 nitrogen and oxygen atoms in total. The highest BCUT2D eigenvalue weighted by molar-refractivity contribution is 5.59. The van der Waals surface area contributed by atoms with Crippen molar-refractivity contribution < 1.29 is 4.42 Å². The van der Waals surface area contributed by atoms with Gasteiger partial charge in [0.05, 0.1) is 25.3 Å². The standard InChI is InChI=1S/C10H13N3O/c1-11-3-4-13-7-10(6-12-13)9-2-5-14-8-9/h2,5-8,11H,3-4H2,1H3. The second-order valence-corrected chi connectivity index (χ2v) is 3.11. The molecule has 0 atom stereocenters. The van der Waals surface area contributed by atoms with Gasteiger partial charge >= 0.3 is 0 Å². The Balaban J connectivity index is 2.10. The number of hydrogen-bond donors (Lipinski definition) is 1. The first kappa shape index (κ1) is 9.02. The van der Waals surface area contributed by atoms with Gasteiger partial charge in [0, 0.05) is 23.9 Å². The Labute approximate surface area is 82.5 Å². The van der Waals surface area contributed by atoms with Gasteiger partial charge in [0.2, 0.25) is 0 Å². The van der Waals surface area contributed by atoms with Gasteiger partial charge < -0.3 is 9.73 Å². The SMILES string of the molecule is CNCCn1cc(-c2ccoc2)cn1. The highest BCUT2D eigenvalue weighted by Gasteiger charge is 2.01. The highest BCUT2D eigenvalue weighted by Crippen LogP contribution is 2.18. The molecule has 0 aromatic carbocycles. The summed E-state index contributed by atoms with van der Waals surface area (Å²) in [7, 11) is 1.93. The topological polar surface area (TPSA) is 43.0 Å². The quantitative estimate of drug-likeness (QED) is 0.793. The van der Waals surface area contributed by atoms with Crippen LogP contribution in [0.3, 0.4) is 0 Å². The van der Waals surface area contributed by atoms with E-state index in [9.17, 15) is 0 Å². The Morgan fingerprint density at radius 1 is 1.50 bits per heavy atom. The number of rotatable bonds is 4. The van der Waals surface area contributed by atoms with E-state index in [2.05, 4.69) is 10.4 Å². The predicted molar refractivity (Wildman–Crippen MR) is 53.9 cm³/mol. The van der Waals surface area contributed by atoms with Crippen LogP contribution in [0.15, 0.2) is 35.4 Å². The molecule has 4 heteroatoms. The van der Waals surface area contributed by atoms with E-state index in [1.165, 1.54) is 0 Å². The molecule has 14 heavy (non-hydrogen) atoms. The van der Waals surface area contributed by atoms with Crippen molar-refractivity contribution in [3.05, 3.63) is 31.0 Å². The maximum atomic E-state index is 5.01. The molecular weight excluding hydrogens is 178 g/mol. The summed E-state index contributed by atoms with van der Waals surface area (Å²) in [5.41, 5.74) is 2.16. The summed E-state index contributed by atoms with van der Waals surface area (Å²) in [4.78, 5) is 0. The maximum Gasteiger partial charge on any atom is 0.0982 e. The highest BCUT2D eigenvalue weighted by atomic mass is 16.3. The van der Waals surface area contributed by atoms with Crippen LogP contribution in [0.2, 0.25) is 0 Å². The maximum absolute atomic E-state index is 5.01. The molecule has 74 valence electrons. The average molecular weight is 191 g/mol. The first-order valence-corrected chi connectivity index (χ1v) is 4.60. The average Bonchev–Trinajstić information content (AvgIpc) is 2.85. The molecular formula is C10H13N3O. The lowest BCUT2D eigenvalue weighted by Crippen LogP contribution is -2.14. The van der Waals surface area contributed by atoms with Crippen molar-refractivity contribution in [2.75, 3.05) is 13.6 Å². The van der Waals surface area contributed by atoms with Gasteiger partial charge in [-0.3, -0.25) is 4.68 Å². The molecule has 1 N–H and O–H groups in total. The molecule has 0 unspecified atom stereocenters. The van der Waals surface area contributed by atoms with Gasteiger partial charge in [-0.1, -0.05) is 0 Å². The lowest BCUT2D eigenvalue weighted by atomic mass is 10.2. The second kappa shape index (κ2) is 4.11. The molecule has 2 heterocycles. The zero-order valence-corrected chi connectivity index (χ0v) is 8.10. The van der Waals surface area contributed by atoms with Crippen molar-refractivity contribution in [2.24, 2.45) is 0 Å². The van der Waals surface area contributed by atoms with Crippen molar-refractivity contribution in [2.45, 2.75) is 6.54 Å². The van der Waals surface area contributed by atoms with Crippen molar-refractivity contribution in [3.63, 3.8) is 0 Å². The van der Waals surface area contributed by atoms with E-state index < -0.39 is 0 Å². The molecule has 0 aliphatic rings. The molecule has 2 rings (SSSR count). The molecule has 0 saturated carbocycles. The molecule has 0 fully saturated rings.